The minimum atomic E-state index is 0.667. The Bertz CT molecular complexity index is 3750. The van der Waals surface area contributed by atoms with E-state index in [9.17, 15) is 0 Å². The highest BCUT2D eigenvalue weighted by atomic mass is 32.1. The zero-order valence-electron chi connectivity index (χ0n) is 28.5. The molecule has 6 heteroatoms. The second-order valence-electron chi connectivity index (χ2n) is 14.1. The standard InChI is InChI=1S/C48H25N3OS2/c1-2-10-27-22-38-36(21-26(27)9-1)37-25-35-28(17-20-33-30-11-3-6-14-40(30)52-46(33)35)23-39(37)51(38)48-49-45(44-34-13-5-8-16-42(34)54-47(44)50-48)29-18-19-32-31-12-4-7-15-41(31)53-43(32)24-29/h1-25H. The monoisotopic (exact) mass is 723 g/mol. The first-order chi connectivity index (χ1) is 26.7. The van der Waals surface area contributed by atoms with Gasteiger partial charge in [0, 0.05) is 68.1 Å². The first kappa shape index (κ1) is 28.9. The molecule has 54 heavy (non-hydrogen) atoms. The minimum absolute atomic E-state index is 0.667. The molecule has 0 aliphatic heterocycles. The fraction of sp³-hybridized carbons (Fsp3) is 0. The number of nitrogens with zero attached hydrogens (tertiary/aromatic N) is 3. The molecular formula is C48H25N3OS2. The normalized spacial score (nSPS) is 12.4. The fourth-order valence-electron chi connectivity index (χ4n) is 8.71. The Labute approximate surface area is 314 Å². The number of para-hydroxylation sites is 1. The lowest BCUT2D eigenvalue weighted by atomic mass is 10.0. The molecule has 250 valence electrons. The van der Waals surface area contributed by atoms with Crippen molar-refractivity contribution in [1.29, 1.82) is 0 Å². The van der Waals surface area contributed by atoms with Crippen molar-refractivity contribution in [3.63, 3.8) is 0 Å². The van der Waals surface area contributed by atoms with Crippen molar-refractivity contribution in [2.24, 2.45) is 0 Å². The second-order valence-corrected chi connectivity index (χ2v) is 16.3. The van der Waals surface area contributed by atoms with E-state index in [0.29, 0.717) is 5.95 Å². The van der Waals surface area contributed by atoms with Gasteiger partial charge in [0.15, 0.2) is 0 Å². The lowest BCUT2D eigenvalue weighted by Gasteiger charge is -2.11. The highest BCUT2D eigenvalue weighted by Crippen LogP contribution is 2.44. The van der Waals surface area contributed by atoms with Gasteiger partial charge in [0.1, 0.15) is 16.0 Å². The average molecular weight is 724 g/mol. The summed E-state index contributed by atoms with van der Waals surface area (Å²) in [6.45, 7) is 0. The van der Waals surface area contributed by atoms with Crippen LogP contribution in [0.2, 0.25) is 0 Å². The Morgan fingerprint density at radius 3 is 1.98 bits per heavy atom. The molecule has 0 aliphatic rings. The van der Waals surface area contributed by atoms with E-state index in [-0.39, 0.29) is 0 Å². The van der Waals surface area contributed by atoms with Crippen LogP contribution in [-0.2, 0) is 0 Å². The molecule has 0 saturated heterocycles. The van der Waals surface area contributed by atoms with Crippen molar-refractivity contribution in [3.8, 4) is 17.2 Å². The number of furan rings is 1. The SMILES string of the molecule is c1ccc2cc3c(cc2c1)c1cc2c(ccc4c5ccccc5oc24)cc1n3-c1nc(-c2ccc3c(c2)sc2ccccc23)c2c(n1)sc1ccccc12. The maximum Gasteiger partial charge on any atom is 0.236 e. The van der Waals surface area contributed by atoms with Crippen LogP contribution in [0, 0.1) is 0 Å². The van der Waals surface area contributed by atoms with Gasteiger partial charge < -0.3 is 4.42 Å². The molecule has 0 N–H and O–H groups in total. The van der Waals surface area contributed by atoms with Crippen molar-refractivity contribution in [3.05, 3.63) is 152 Å². The fourth-order valence-corrected chi connectivity index (χ4v) is 10.9. The molecule has 0 bridgehead atoms. The van der Waals surface area contributed by atoms with Crippen LogP contribution in [0.5, 0.6) is 0 Å². The van der Waals surface area contributed by atoms with Crippen molar-refractivity contribution >= 4 is 128 Å². The third kappa shape index (κ3) is 3.90. The first-order valence-corrected chi connectivity index (χ1v) is 19.7. The molecular weight excluding hydrogens is 699 g/mol. The van der Waals surface area contributed by atoms with E-state index < -0.39 is 0 Å². The van der Waals surface area contributed by atoms with Crippen LogP contribution in [0.1, 0.15) is 0 Å². The number of hydrogen-bond donors (Lipinski definition) is 0. The molecule has 5 heterocycles. The van der Waals surface area contributed by atoms with Crippen LogP contribution >= 0.6 is 22.7 Å². The molecule has 0 aliphatic carbocycles. The molecule has 0 radical (unpaired) electrons. The molecule has 0 unspecified atom stereocenters. The third-order valence-corrected chi connectivity index (χ3v) is 13.4. The summed E-state index contributed by atoms with van der Waals surface area (Å²) in [5.41, 5.74) is 6.00. The third-order valence-electron chi connectivity index (χ3n) is 11.2. The van der Waals surface area contributed by atoms with Crippen molar-refractivity contribution < 1.29 is 4.42 Å². The Morgan fingerprint density at radius 1 is 0.444 bits per heavy atom. The smallest absolute Gasteiger partial charge is 0.236 e. The molecule has 0 fully saturated rings. The van der Waals surface area contributed by atoms with Crippen LogP contribution in [0.4, 0.5) is 0 Å². The summed E-state index contributed by atoms with van der Waals surface area (Å²) in [6, 6.07) is 54.7. The minimum Gasteiger partial charge on any atom is -0.455 e. The quantitative estimate of drug-likeness (QED) is 0.178. The van der Waals surface area contributed by atoms with E-state index in [1.807, 2.05) is 17.4 Å². The predicted octanol–water partition coefficient (Wildman–Crippen LogP) is 14.2. The van der Waals surface area contributed by atoms with Gasteiger partial charge in [-0.25, -0.2) is 9.97 Å². The summed E-state index contributed by atoms with van der Waals surface area (Å²) < 4.78 is 12.6. The van der Waals surface area contributed by atoms with E-state index in [2.05, 4.69) is 150 Å². The Balaban J connectivity index is 1.16. The summed E-state index contributed by atoms with van der Waals surface area (Å²) >= 11 is 3.57. The summed E-state index contributed by atoms with van der Waals surface area (Å²) in [7, 11) is 0. The maximum atomic E-state index is 6.55. The van der Waals surface area contributed by atoms with Gasteiger partial charge in [0.05, 0.1) is 16.7 Å². The summed E-state index contributed by atoms with van der Waals surface area (Å²) in [4.78, 5) is 12.0. The van der Waals surface area contributed by atoms with Gasteiger partial charge in [0.25, 0.3) is 0 Å². The van der Waals surface area contributed by atoms with Crippen LogP contribution in [0.3, 0.4) is 0 Å². The summed E-state index contributed by atoms with van der Waals surface area (Å²) in [5.74, 6) is 0.667. The highest BCUT2D eigenvalue weighted by molar-refractivity contribution is 7.26. The van der Waals surface area contributed by atoms with Gasteiger partial charge in [-0.15, -0.1) is 22.7 Å². The topological polar surface area (TPSA) is 43.9 Å². The number of hydrogen-bond acceptors (Lipinski definition) is 5. The number of fused-ring (bicyclic) bond motifs is 15. The Morgan fingerprint density at radius 2 is 1.11 bits per heavy atom. The van der Waals surface area contributed by atoms with Crippen LogP contribution in [-0.4, -0.2) is 14.5 Å². The Hall–Kier alpha value is -6.60. The average Bonchev–Trinajstić information content (AvgIpc) is 3.97. The van der Waals surface area contributed by atoms with Crippen LogP contribution < -0.4 is 0 Å². The van der Waals surface area contributed by atoms with Gasteiger partial charge in [-0.3, -0.25) is 4.57 Å². The van der Waals surface area contributed by atoms with Gasteiger partial charge >= 0.3 is 0 Å². The number of aromatic nitrogens is 3. The molecule has 0 saturated carbocycles. The first-order valence-electron chi connectivity index (χ1n) is 18.1. The molecule has 5 aromatic heterocycles. The lowest BCUT2D eigenvalue weighted by Crippen LogP contribution is -2.02. The van der Waals surface area contributed by atoms with Gasteiger partial charge in [-0.2, -0.15) is 0 Å². The van der Waals surface area contributed by atoms with Crippen molar-refractivity contribution in [2.75, 3.05) is 0 Å². The molecule has 4 nitrogen and oxygen atoms in total. The maximum absolute atomic E-state index is 6.55. The van der Waals surface area contributed by atoms with E-state index >= 15 is 0 Å². The summed E-state index contributed by atoms with van der Waals surface area (Å²) in [6.07, 6.45) is 0. The van der Waals surface area contributed by atoms with Gasteiger partial charge in [0.2, 0.25) is 5.95 Å². The van der Waals surface area contributed by atoms with E-state index in [1.54, 1.807) is 11.3 Å². The zero-order valence-corrected chi connectivity index (χ0v) is 30.1. The van der Waals surface area contributed by atoms with Crippen LogP contribution in [0.25, 0.3) is 123 Å². The van der Waals surface area contributed by atoms with Gasteiger partial charge in [-0.05, 0) is 70.8 Å². The predicted molar refractivity (Wildman–Crippen MR) is 230 cm³/mol. The zero-order chi connectivity index (χ0) is 35.1. The number of rotatable bonds is 2. The molecule has 13 aromatic rings. The van der Waals surface area contributed by atoms with Gasteiger partial charge in [-0.1, -0.05) is 97.1 Å². The van der Waals surface area contributed by atoms with E-state index in [4.69, 9.17) is 14.4 Å². The van der Waals surface area contributed by atoms with E-state index in [0.717, 1.165) is 76.0 Å². The molecule has 0 amide bonds. The lowest BCUT2D eigenvalue weighted by molar-refractivity contribution is 0.672. The van der Waals surface area contributed by atoms with E-state index in [1.165, 1.54) is 41.0 Å². The van der Waals surface area contributed by atoms with Crippen LogP contribution in [0.15, 0.2) is 156 Å². The largest absolute Gasteiger partial charge is 0.455 e. The van der Waals surface area contributed by atoms with Crippen molar-refractivity contribution in [2.45, 2.75) is 0 Å². The molecule has 0 spiro atoms. The molecule has 0 atom stereocenters. The highest BCUT2D eigenvalue weighted by Gasteiger charge is 2.22. The Kier molecular flexibility index (Phi) is 5.63. The second kappa shape index (κ2) is 10.5. The molecule has 13 rings (SSSR count). The van der Waals surface area contributed by atoms with Crippen molar-refractivity contribution in [1.82, 2.24) is 14.5 Å². The number of benzene rings is 8. The number of thiophene rings is 2. The molecule has 8 aromatic carbocycles. The summed E-state index contributed by atoms with van der Waals surface area (Å²) in [5, 5.41) is 14.0.